The Morgan fingerprint density at radius 3 is 2.92 bits per heavy atom. The van der Waals surface area contributed by atoms with E-state index >= 15 is 0 Å². The van der Waals surface area contributed by atoms with Gasteiger partial charge in [0.05, 0.1) is 16.6 Å². The SMILES string of the molecule is CN(C)Cc1sncc1C(=O)O. The van der Waals surface area contributed by atoms with Gasteiger partial charge in [0.2, 0.25) is 0 Å². The van der Waals surface area contributed by atoms with Crippen molar-refractivity contribution in [1.82, 2.24) is 9.27 Å². The van der Waals surface area contributed by atoms with E-state index in [0.717, 1.165) is 4.88 Å². The molecule has 0 aromatic carbocycles. The molecule has 0 atom stereocenters. The molecule has 1 aromatic rings. The summed E-state index contributed by atoms with van der Waals surface area (Å²) in [5.41, 5.74) is 0.314. The molecule has 0 fully saturated rings. The predicted molar refractivity (Wildman–Crippen MR) is 46.5 cm³/mol. The largest absolute Gasteiger partial charge is 0.478 e. The number of hydrogen-bond donors (Lipinski definition) is 1. The summed E-state index contributed by atoms with van der Waals surface area (Å²) in [4.78, 5) is 13.3. The van der Waals surface area contributed by atoms with Crippen molar-refractivity contribution >= 4 is 17.5 Å². The Bertz CT molecular complexity index is 283. The van der Waals surface area contributed by atoms with E-state index in [1.807, 2.05) is 19.0 Å². The Morgan fingerprint density at radius 2 is 2.42 bits per heavy atom. The third kappa shape index (κ3) is 2.02. The molecule has 0 aliphatic rings. The number of aromatic carboxylic acids is 1. The van der Waals surface area contributed by atoms with Crippen LogP contribution in [0.15, 0.2) is 6.20 Å². The van der Waals surface area contributed by atoms with Gasteiger partial charge < -0.3 is 10.0 Å². The molecular weight excluding hydrogens is 176 g/mol. The Labute approximate surface area is 74.6 Å². The highest BCUT2D eigenvalue weighted by Gasteiger charge is 2.12. The van der Waals surface area contributed by atoms with E-state index in [1.54, 1.807) is 0 Å². The first-order valence-corrected chi connectivity index (χ1v) is 4.20. The fraction of sp³-hybridized carbons (Fsp3) is 0.429. The van der Waals surface area contributed by atoms with Crippen LogP contribution >= 0.6 is 11.5 Å². The highest BCUT2D eigenvalue weighted by molar-refractivity contribution is 7.06. The van der Waals surface area contributed by atoms with Gasteiger partial charge in [-0.05, 0) is 25.6 Å². The van der Waals surface area contributed by atoms with E-state index in [2.05, 4.69) is 4.37 Å². The summed E-state index contributed by atoms with van der Waals surface area (Å²) in [6, 6.07) is 0. The summed E-state index contributed by atoms with van der Waals surface area (Å²) in [5, 5.41) is 8.72. The third-order valence-electron chi connectivity index (χ3n) is 1.34. The second-order valence-electron chi connectivity index (χ2n) is 2.71. The summed E-state index contributed by atoms with van der Waals surface area (Å²) in [6.07, 6.45) is 1.39. The van der Waals surface area contributed by atoms with Crippen LogP contribution in [0.3, 0.4) is 0 Å². The van der Waals surface area contributed by atoms with Gasteiger partial charge in [0.15, 0.2) is 0 Å². The van der Waals surface area contributed by atoms with Crippen LogP contribution < -0.4 is 0 Å². The average molecular weight is 186 g/mol. The van der Waals surface area contributed by atoms with Gasteiger partial charge in [-0.15, -0.1) is 0 Å². The van der Waals surface area contributed by atoms with Crippen molar-refractivity contribution in [3.8, 4) is 0 Å². The maximum Gasteiger partial charge on any atom is 0.338 e. The number of aromatic nitrogens is 1. The highest BCUT2D eigenvalue weighted by Crippen LogP contribution is 2.14. The molecule has 0 saturated carbocycles. The fourth-order valence-electron chi connectivity index (χ4n) is 0.840. The van der Waals surface area contributed by atoms with Gasteiger partial charge in [-0.3, -0.25) is 0 Å². The lowest BCUT2D eigenvalue weighted by atomic mass is 10.3. The van der Waals surface area contributed by atoms with Crippen LogP contribution in [-0.2, 0) is 6.54 Å². The fourth-order valence-corrected chi connectivity index (χ4v) is 1.68. The number of rotatable bonds is 3. The average Bonchev–Trinajstić information content (AvgIpc) is 2.33. The molecule has 1 N–H and O–H groups in total. The van der Waals surface area contributed by atoms with Gasteiger partial charge >= 0.3 is 5.97 Å². The van der Waals surface area contributed by atoms with Crippen LogP contribution in [0.1, 0.15) is 15.2 Å². The third-order valence-corrected chi connectivity index (χ3v) is 2.12. The zero-order valence-corrected chi connectivity index (χ0v) is 7.76. The summed E-state index contributed by atoms with van der Waals surface area (Å²) < 4.78 is 3.83. The molecule has 5 heteroatoms. The molecule has 0 aliphatic carbocycles. The van der Waals surface area contributed by atoms with Gasteiger partial charge in [-0.1, -0.05) is 0 Å². The molecule has 0 unspecified atom stereocenters. The minimum absolute atomic E-state index is 0.314. The number of carboxylic acid groups (broad SMARTS) is 1. The lowest BCUT2D eigenvalue weighted by Crippen LogP contribution is -2.12. The van der Waals surface area contributed by atoms with E-state index < -0.39 is 5.97 Å². The van der Waals surface area contributed by atoms with Crippen LogP contribution in [0.2, 0.25) is 0 Å². The first-order valence-electron chi connectivity index (χ1n) is 3.43. The van der Waals surface area contributed by atoms with E-state index in [1.165, 1.54) is 17.7 Å². The van der Waals surface area contributed by atoms with Crippen molar-refractivity contribution in [3.63, 3.8) is 0 Å². The second-order valence-corrected chi connectivity index (χ2v) is 3.59. The van der Waals surface area contributed by atoms with Crippen molar-refractivity contribution in [2.75, 3.05) is 14.1 Å². The minimum Gasteiger partial charge on any atom is -0.478 e. The van der Waals surface area contributed by atoms with Crippen LogP contribution in [-0.4, -0.2) is 34.4 Å². The normalized spacial score (nSPS) is 10.6. The topological polar surface area (TPSA) is 53.4 Å². The molecule has 4 nitrogen and oxygen atoms in total. The maximum atomic E-state index is 10.6. The van der Waals surface area contributed by atoms with Crippen molar-refractivity contribution in [2.45, 2.75) is 6.54 Å². The molecule has 0 aliphatic heterocycles. The molecule has 0 saturated heterocycles. The van der Waals surface area contributed by atoms with Gasteiger partial charge in [-0.25, -0.2) is 4.79 Å². The number of carbonyl (C=O) groups is 1. The van der Waals surface area contributed by atoms with Gasteiger partial charge in [0, 0.05) is 6.54 Å². The van der Waals surface area contributed by atoms with Gasteiger partial charge in [0.25, 0.3) is 0 Å². The van der Waals surface area contributed by atoms with Gasteiger partial charge in [-0.2, -0.15) is 4.37 Å². The van der Waals surface area contributed by atoms with Crippen LogP contribution in [0, 0.1) is 0 Å². The summed E-state index contributed by atoms with van der Waals surface area (Å²) in [6.45, 7) is 0.631. The maximum absolute atomic E-state index is 10.6. The predicted octanol–water partition coefficient (Wildman–Crippen LogP) is 0.903. The molecule has 0 bridgehead atoms. The Kier molecular flexibility index (Phi) is 2.78. The molecule has 0 amide bonds. The molecule has 1 heterocycles. The number of carboxylic acids is 1. The van der Waals surface area contributed by atoms with Crippen LogP contribution in [0.5, 0.6) is 0 Å². The molecular formula is C7H10N2O2S. The van der Waals surface area contributed by atoms with Crippen molar-refractivity contribution < 1.29 is 9.90 Å². The van der Waals surface area contributed by atoms with E-state index in [4.69, 9.17) is 5.11 Å². The van der Waals surface area contributed by atoms with Crippen molar-refractivity contribution in [1.29, 1.82) is 0 Å². The summed E-state index contributed by atoms with van der Waals surface area (Å²) >= 11 is 1.23. The second kappa shape index (κ2) is 3.64. The molecule has 0 spiro atoms. The number of nitrogens with zero attached hydrogens (tertiary/aromatic N) is 2. The molecule has 0 radical (unpaired) electrons. The number of hydrogen-bond acceptors (Lipinski definition) is 4. The lowest BCUT2D eigenvalue weighted by Gasteiger charge is -2.06. The summed E-state index contributed by atoms with van der Waals surface area (Å²) in [5.74, 6) is -0.902. The zero-order valence-electron chi connectivity index (χ0n) is 6.94. The first kappa shape index (κ1) is 9.15. The lowest BCUT2D eigenvalue weighted by molar-refractivity contribution is 0.0695. The quantitative estimate of drug-likeness (QED) is 0.762. The molecule has 1 aromatic heterocycles. The van der Waals surface area contributed by atoms with Crippen LogP contribution in [0.25, 0.3) is 0 Å². The Morgan fingerprint density at radius 1 is 1.75 bits per heavy atom. The van der Waals surface area contributed by atoms with E-state index in [9.17, 15) is 4.79 Å². The minimum atomic E-state index is -0.902. The zero-order chi connectivity index (χ0) is 9.14. The van der Waals surface area contributed by atoms with E-state index in [-0.39, 0.29) is 0 Å². The van der Waals surface area contributed by atoms with Crippen molar-refractivity contribution in [2.24, 2.45) is 0 Å². The Balaban J connectivity index is 2.84. The first-order chi connectivity index (χ1) is 5.61. The van der Waals surface area contributed by atoms with E-state index in [0.29, 0.717) is 12.1 Å². The smallest absolute Gasteiger partial charge is 0.338 e. The van der Waals surface area contributed by atoms with Gasteiger partial charge in [0.1, 0.15) is 0 Å². The van der Waals surface area contributed by atoms with Crippen LogP contribution in [0.4, 0.5) is 0 Å². The highest BCUT2D eigenvalue weighted by atomic mass is 32.1. The molecule has 66 valence electrons. The summed E-state index contributed by atoms with van der Waals surface area (Å²) in [7, 11) is 3.79. The molecule has 12 heavy (non-hydrogen) atoms. The molecule has 1 rings (SSSR count). The standard InChI is InChI=1S/C7H10N2O2S/c1-9(2)4-6-5(7(10)11)3-8-12-6/h3H,4H2,1-2H3,(H,10,11). The van der Waals surface area contributed by atoms with Crippen molar-refractivity contribution in [3.05, 3.63) is 16.6 Å². The Hall–Kier alpha value is -0.940. The monoisotopic (exact) mass is 186 g/mol.